The van der Waals surface area contributed by atoms with Crippen molar-refractivity contribution in [3.05, 3.63) is 24.3 Å². The number of rotatable bonds is 1. The average Bonchev–Trinajstić information content (AvgIpc) is 2.67. The summed E-state index contributed by atoms with van der Waals surface area (Å²) in [5, 5.41) is 7.88. The normalized spacial score (nSPS) is 9.64. The molecule has 0 aliphatic rings. The van der Waals surface area contributed by atoms with Gasteiger partial charge in [0.05, 0.1) is 0 Å². The molecule has 0 saturated heterocycles. The van der Waals surface area contributed by atoms with Crippen molar-refractivity contribution in [3.63, 3.8) is 0 Å². The van der Waals surface area contributed by atoms with Gasteiger partial charge in [0.1, 0.15) is 11.2 Å². The summed E-state index contributed by atoms with van der Waals surface area (Å²) in [7, 11) is 0. The van der Waals surface area contributed by atoms with Crippen molar-refractivity contribution in [2.24, 2.45) is 0 Å². The zero-order valence-corrected chi connectivity index (χ0v) is 6.58. The summed E-state index contributed by atoms with van der Waals surface area (Å²) in [5.74, 6) is 0. The number of benzene rings is 1. The van der Waals surface area contributed by atoms with E-state index in [0.29, 0.717) is 6.61 Å². The number of furan rings is 2. The maximum Gasteiger partial charge on any atom is 0.127 e. The first-order chi connectivity index (χ1) is 5.36. The lowest BCUT2D eigenvalue weighted by atomic mass is 10.4. The van der Waals surface area contributed by atoms with Crippen LogP contribution in [0.25, 0.3) is 11.2 Å². The summed E-state index contributed by atoms with van der Waals surface area (Å²) in [5.41, 5.74) is 1.94. The Kier molecular flexibility index (Phi) is 2.93. The highest BCUT2D eigenvalue weighted by atomic mass is 16.3. The summed E-state index contributed by atoms with van der Waals surface area (Å²) in [6.45, 7) is 2.25. The number of aliphatic hydroxyl groups excluding tert-OH is 1. The molecule has 0 atom stereocenters. The fourth-order valence-electron chi connectivity index (χ4n) is 0.712. The van der Waals surface area contributed by atoms with E-state index in [4.69, 9.17) is 9.52 Å². The number of hydrogen-bond acceptors (Lipinski definition) is 2. The molecular weight excluding hydrogens is 140 g/mol. The maximum atomic E-state index is 7.88. The van der Waals surface area contributed by atoms with Gasteiger partial charge in [-0.25, -0.2) is 0 Å². The van der Waals surface area contributed by atoms with Gasteiger partial charge in [0, 0.05) is 6.61 Å². The van der Waals surface area contributed by atoms with Gasteiger partial charge in [-0.15, -0.1) is 0 Å². The fraction of sp³-hybridized carbons (Fsp3) is 0.333. The predicted octanol–water partition coefficient (Wildman–Crippen LogP) is 2.26. The van der Waals surface area contributed by atoms with Crippen LogP contribution in [0, 0.1) is 0 Å². The second-order valence-electron chi connectivity index (χ2n) is 2.30. The van der Waals surface area contributed by atoms with Gasteiger partial charge in [0.2, 0.25) is 0 Å². The zero-order chi connectivity index (χ0) is 8.10. The average molecular weight is 152 g/mol. The minimum Gasteiger partial charge on any atom is -0.457 e. The molecule has 2 aromatic heterocycles. The fourth-order valence-corrected chi connectivity index (χ4v) is 0.712. The first-order valence-corrected chi connectivity index (χ1v) is 3.75. The van der Waals surface area contributed by atoms with Crippen LogP contribution >= 0.6 is 0 Å². The van der Waals surface area contributed by atoms with Crippen LogP contribution in [0.1, 0.15) is 13.3 Å². The molecule has 2 aromatic rings. The van der Waals surface area contributed by atoms with Gasteiger partial charge in [0.25, 0.3) is 0 Å². The molecule has 0 saturated carbocycles. The van der Waals surface area contributed by atoms with Gasteiger partial charge in [-0.05, 0) is 30.7 Å². The molecule has 0 aliphatic carbocycles. The summed E-state index contributed by atoms with van der Waals surface area (Å²) < 4.78 is 5.08. The number of hydrogen-bond donors (Lipinski definition) is 1. The molecule has 11 heavy (non-hydrogen) atoms. The Morgan fingerprint density at radius 2 is 1.55 bits per heavy atom. The smallest absolute Gasteiger partial charge is 0.127 e. The monoisotopic (exact) mass is 152 g/mol. The van der Waals surface area contributed by atoms with Gasteiger partial charge < -0.3 is 9.52 Å². The van der Waals surface area contributed by atoms with Crippen LogP contribution in [-0.4, -0.2) is 11.7 Å². The Hall–Kier alpha value is -1.02. The van der Waals surface area contributed by atoms with Crippen LogP contribution in [0.5, 0.6) is 0 Å². The lowest BCUT2D eigenvalue weighted by Gasteiger charge is -1.69. The summed E-state index contributed by atoms with van der Waals surface area (Å²) >= 11 is 0. The molecule has 0 unspecified atom stereocenters. The molecular formula is C9H12O2. The van der Waals surface area contributed by atoms with Crippen LogP contribution in [0.3, 0.4) is 0 Å². The number of fused-ring (bicyclic) bond motifs is 2. The van der Waals surface area contributed by atoms with Crippen molar-refractivity contribution in [3.8, 4) is 0 Å². The van der Waals surface area contributed by atoms with Gasteiger partial charge in [-0.1, -0.05) is 6.92 Å². The Labute approximate surface area is 65.8 Å². The van der Waals surface area contributed by atoms with Crippen molar-refractivity contribution in [2.75, 3.05) is 6.61 Å². The van der Waals surface area contributed by atoms with Crippen LogP contribution in [0.15, 0.2) is 28.7 Å². The molecule has 0 amide bonds. The van der Waals surface area contributed by atoms with E-state index < -0.39 is 0 Å². The van der Waals surface area contributed by atoms with E-state index in [1.165, 1.54) is 0 Å². The van der Waals surface area contributed by atoms with Crippen molar-refractivity contribution in [1.29, 1.82) is 0 Å². The largest absolute Gasteiger partial charge is 0.457 e. The van der Waals surface area contributed by atoms with Crippen LogP contribution < -0.4 is 0 Å². The quantitative estimate of drug-likeness (QED) is 0.680. The Morgan fingerprint density at radius 1 is 1.18 bits per heavy atom. The first-order valence-electron chi connectivity index (χ1n) is 3.75. The summed E-state index contributed by atoms with van der Waals surface area (Å²) in [4.78, 5) is 0. The van der Waals surface area contributed by atoms with E-state index in [-0.39, 0.29) is 0 Å². The van der Waals surface area contributed by atoms with Crippen molar-refractivity contribution < 1.29 is 9.52 Å². The zero-order valence-electron chi connectivity index (χ0n) is 6.58. The van der Waals surface area contributed by atoms with E-state index >= 15 is 0 Å². The molecule has 2 bridgehead atoms. The molecule has 1 N–H and O–H groups in total. The molecule has 0 spiro atoms. The highest BCUT2D eigenvalue weighted by Gasteiger charge is 1.91. The van der Waals surface area contributed by atoms with Gasteiger partial charge >= 0.3 is 0 Å². The van der Waals surface area contributed by atoms with E-state index in [2.05, 4.69) is 0 Å². The topological polar surface area (TPSA) is 33.4 Å². The van der Waals surface area contributed by atoms with Gasteiger partial charge in [-0.2, -0.15) is 0 Å². The third-order valence-electron chi connectivity index (χ3n) is 1.28. The van der Waals surface area contributed by atoms with Gasteiger partial charge in [0.15, 0.2) is 0 Å². The molecule has 0 aromatic carbocycles. The Bertz CT molecular complexity index is 227. The minimum absolute atomic E-state index is 0.319. The second kappa shape index (κ2) is 3.98. The van der Waals surface area contributed by atoms with E-state index in [9.17, 15) is 0 Å². The highest BCUT2D eigenvalue weighted by molar-refractivity contribution is 5.59. The molecule has 2 heteroatoms. The van der Waals surface area contributed by atoms with Crippen LogP contribution in [0.2, 0.25) is 0 Å². The first kappa shape index (κ1) is 8.08. The Morgan fingerprint density at radius 3 is 1.64 bits per heavy atom. The molecule has 0 radical (unpaired) electrons. The molecule has 2 nitrogen and oxygen atoms in total. The molecule has 0 aliphatic heterocycles. The SMILES string of the molecule is CCCO.c1cc2ccc1o2. The Balaban J connectivity index is 0.000000134. The van der Waals surface area contributed by atoms with Crippen LogP contribution in [0.4, 0.5) is 0 Å². The van der Waals surface area contributed by atoms with Crippen LogP contribution in [-0.2, 0) is 0 Å². The molecule has 60 valence electrons. The van der Waals surface area contributed by atoms with Gasteiger partial charge in [-0.3, -0.25) is 0 Å². The lowest BCUT2D eigenvalue weighted by molar-refractivity contribution is 0.295. The molecule has 0 fully saturated rings. The second-order valence-corrected chi connectivity index (χ2v) is 2.30. The number of aliphatic hydroxyl groups is 1. The minimum atomic E-state index is 0.319. The van der Waals surface area contributed by atoms with E-state index in [0.717, 1.165) is 17.6 Å². The standard InChI is InChI=1S/C6H4O.C3H8O/c1-2-6-4-3-5(1)7-6;1-2-3-4/h1-4H;4H,2-3H2,1H3. The van der Waals surface area contributed by atoms with E-state index in [1.807, 2.05) is 31.2 Å². The summed E-state index contributed by atoms with van der Waals surface area (Å²) in [6.07, 6.45) is 0.875. The van der Waals surface area contributed by atoms with Crippen molar-refractivity contribution >= 4 is 11.2 Å². The third-order valence-corrected chi connectivity index (χ3v) is 1.28. The van der Waals surface area contributed by atoms with E-state index in [1.54, 1.807) is 0 Å². The lowest BCUT2D eigenvalue weighted by Crippen LogP contribution is -1.69. The third kappa shape index (κ3) is 2.24. The highest BCUT2D eigenvalue weighted by Crippen LogP contribution is 2.13. The summed E-state index contributed by atoms with van der Waals surface area (Å²) in [6, 6.07) is 7.81. The maximum absolute atomic E-state index is 7.88. The van der Waals surface area contributed by atoms with Crippen molar-refractivity contribution in [2.45, 2.75) is 13.3 Å². The van der Waals surface area contributed by atoms with Crippen molar-refractivity contribution in [1.82, 2.24) is 0 Å². The molecule has 2 heterocycles. The molecule has 2 rings (SSSR count). The predicted molar refractivity (Wildman–Crippen MR) is 44.8 cm³/mol.